The molecule has 1 heterocycles. The summed E-state index contributed by atoms with van der Waals surface area (Å²) in [6.45, 7) is 2.17. The van der Waals surface area contributed by atoms with Gasteiger partial charge in [0.25, 0.3) is 0 Å². The Morgan fingerprint density at radius 1 is 0.385 bits per heavy atom. The molecular formula is C50H34N2. The molecule has 1 aromatic heterocycles. The lowest BCUT2D eigenvalue weighted by Crippen LogP contribution is -2.26. The number of rotatable bonds is 4. The van der Waals surface area contributed by atoms with Crippen LogP contribution in [0.4, 0.5) is 17.1 Å². The molecule has 0 radical (unpaired) electrons. The third kappa shape index (κ3) is 3.89. The van der Waals surface area contributed by atoms with Gasteiger partial charge in [-0.15, -0.1) is 0 Å². The van der Waals surface area contributed by atoms with E-state index in [0.717, 1.165) is 22.7 Å². The fourth-order valence-corrected chi connectivity index (χ4v) is 9.36. The average molecular weight is 663 g/mol. The van der Waals surface area contributed by atoms with Gasteiger partial charge in [-0.25, -0.2) is 0 Å². The minimum absolute atomic E-state index is 0.393. The van der Waals surface area contributed by atoms with Gasteiger partial charge in [-0.3, -0.25) is 0 Å². The maximum absolute atomic E-state index is 2.46. The summed E-state index contributed by atoms with van der Waals surface area (Å²) in [5.74, 6) is 0. The zero-order chi connectivity index (χ0) is 34.4. The van der Waals surface area contributed by atoms with Crippen LogP contribution in [0.25, 0.3) is 49.7 Å². The number of para-hydroxylation sites is 2. The Labute approximate surface area is 303 Å². The molecule has 2 aliphatic rings. The van der Waals surface area contributed by atoms with Crippen LogP contribution in [0.3, 0.4) is 0 Å². The summed E-state index contributed by atoms with van der Waals surface area (Å²) in [4.78, 5) is 2.41. The van der Waals surface area contributed by atoms with Crippen LogP contribution in [0.1, 0.15) is 27.8 Å². The lowest BCUT2D eigenvalue weighted by atomic mass is 9.70. The van der Waals surface area contributed by atoms with Crippen molar-refractivity contribution in [2.45, 2.75) is 12.3 Å². The van der Waals surface area contributed by atoms with Gasteiger partial charge in [0, 0.05) is 33.5 Å². The maximum Gasteiger partial charge on any atom is 0.0726 e. The van der Waals surface area contributed by atoms with Crippen molar-refractivity contribution in [1.29, 1.82) is 0 Å². The van der Waals surface area contributed by atoms with E-state index in [0.29, 0.717) is 0 Å². The van der Waals surface area contributed by atoms with Gasteiger partial charge in [-0.05, 0) is 118 Å². The van der Waals surface area contributed by atoms with Crippen LogP contribution in [-0.4, -0.2) is 4.57 Å². The van der Waals surface area contributed by atoms with Gasteiger partial charge in [0.1, 0.15) is 0 Å². The fraction of sp³-hybridized carbons (Fsp3) is 0.0400. The Morgan fingerprint density at radius 2 is 0.904 bits per heavy atom. The topological polar surface area (TPSA) is 8.17 Å². The number of hydrogen-bond donors (Lipinski definition) is 0. The smallest absolute Gasteiger partial charge is 0.0726 e. The summed E-state index contributed by atoms with van der Waals surface area (Å²) < 4.78 is 2.39. The van der Waals surface area contributed by atoms with E-state index in [4.69, 9.17) is 0 Å². The number of nitrogens with zero attached hydrogens (tertiary/aromatic N) is 2. The highest BCUT2D eigenvalue weighted by atomic mass is 15.1. The lowest BCUT2D eigenvalue weighted by Gasteiger charge is -2.32. The molecule has 0 N–H and O–H groups in total. The summed E-state index contributed by atoms with van der Waals surface area (Å²) in [6.07, 6.45) is 0. The SMILES string of the molecule is Cc1ccc2c(c1)c1ccccc1n2-c1ccc(N(c2ccccc2)c2ccc3c(c2)C2(c4ccccc4-c4ccccc42)c2ccccc2-3)cc1. The predicted octanol–water partition coefficient (Wildman–Crippen LogP) is 12.9. The second-order valence-corrected chi connectivity index (χ2v) is 14.2. The standard InChI is InChI=1S/C50H34N2/c1-33-23-30-49-43(31-33)42-18-8-12-22-48(42)52(49)36-26-24-35(25-27-36)51(34-13-3-2-4-14-34)37-28-29-41-40-17-7-11-21-46(40)50(47(41)32-37)44-19-9-5-15-38(44)39-16-6-10-20-45(39)50/h2-32H,1H3. The number of hydrogen-bond acceptors (Lipinski definition) is 1. The monoisotopic (exact) mass is 662 g/mol. The van der Waals surface area contributed by atoms with Gasteiger partial charge in [0.2, 0.25) is 0 Å². The molecule has 8 aromatic carbocycles. The van der Waals surface area contributed by atoms with Crippen molar-refractivity contribution in [3.05, 3.63) is 216 Å². The molecule has 52 heavy (non-hydrogen) atoms. The molecule has 1 spiro atoms. The second kappa shape index (κ2) is 10.9. The number of benzene rings is 8. The molecule has 2 nitrogen and oxygen atoms in total. The molecule has 244 valence electrons. The zero-order valence-corrected chi connectivity index (χ0v) is 28.8. The van der Waals surface area contributed by atoms with Gasteiger partial charge >= 0.3 is 0 Å². The summed E-state index contributed by atoms with van der Waals surface area (Å²) in [5.41, 5.74) is 18.5. The van der Waals surface area contributed by atoms with Gasteiger partial charge in [-0.1, -0.05) is 127 Å². The molecule has 11 rings (SSSR count). The first-order chi connectivity index (χ1) is 25.7. The highest BCUT2D eigenvalue weighted by Crippen LogP contribution is 2.63. The Bertz CT molecular complexity index is 2800. The number of anilines is 3. The predicted molar refractivity (Wildman–Crippen MR) is 216 cm³/mol. The van der Waals surface area contributed by atoms with Crippen LogP contribution < -0.4 is 4.90 Å². The third-order valence-corrected chi connectivity index (χ3v) is 11.4. The second-order valence-electron chi connectivity index (χ2n) is 14.2. The van der Waals surface area contributed by atoms with Gasteiger partial charge in [0.15, 0.2) is 0 Å². The third-order valence-electron chi connectivity index (χ3n) is 11.4. The van der Waals surface area contributed by atoms with Crippen molar-refractivity contribution in [2.75, 3.05) is 4.90 Å². The van der Waals surface area contributed by atoms with Crippen molar-refractivity contribution in [2.24, 2.45) is 0 Å². The summed E-state index contributed by atoms with van der Waals surface area (Å²) in [7, 11) is 0. The molecule has 0 atom stereocenters. The van der Waals surface area contributed by atoms with Gasteiger partial charge in [0.05, 0.1) is 16.4 Å². The molecule has 0 unspecified atom stereocenters. The molecule has 0 saturated heterocycles. The first-order valence-electron chi connectivity index (χ1n) is 18.1. The molecule has 2 aliphatic carbocycles. The van der Waals surface area contributed by atoms with Crippen LogP contribution >= 0.6 is 0 Å². The molecule has 0 amide bonds. The highest BCUT2D eigenvalue weighted by Gasteiger charge is 2.51. The van der Waals surface area contributed by atoms with Crippen LogP contribution in [0.2, 0.25) is 0 Å². The van der Waals surface area contributed by atoms with Crippen LogP contribution in [0.15, 0.2) is 188 Å². The maximum atomic E-state index is 2.46. The Balaban J connectivity index is 1.11. The molecule has 0 fully saturated rings. The van der Waals surface area contributed by atoms with E-state index < -0.39 is 5.41 Å². The van der Waals surface area contributed by atoms with Crippen molar-refractivity contribution in [3.63, 3.8) is 0 Å². The summed E-state index contributed by atoms with van der Waals surface area (Å²) >= 11 is 0. The molecular weight excluding hydrogens is 629 g/mol. The first-order valence-corrected chi connectivity index (χ1v) is 18.1. The van der Waals surface area contributed by atoms with Crippen molar-refractivity contribution in [3.8, 4) is 27.9 Å². The summed E-state index contributed by atoms with van der Waals surface area (Å²) in [6, 6.07) is 69.5. The Morgan fingerprint density at radius 3 is 1.58 bits per heavy atom. The van der Waals surface area contributed by atoms with Crippen molar-refractivity contribution in [1.82, 2.24) is 4.57 Å². The Hall–Kier alpha value is -6.64. The van der Waals surface area contributed by atoms with E-state index in [-0.39, 0.29) is 0 Å². The molecule has 0 saturated carbocycles. The minimum Gasteiger partial charge on any atom is -0.310 e. The van der Waals surface area contributed by atoms with E-state index in [9.17, 15) is 0 Å². The first kappa shape index (κ1) is 29.1. The van der Waals surface area contributed by atoms with Gasteiger partial charge in [-0.2, -0.15) is 0 Å². The lowest BCUT2D eigenvalue weighted by molar-refractivity contribution is 0.793. The number of aryl methyl sites for hydroxylation is 1. The quantitative estimate of drug-likeness (QED) is 0.182. The summed E-state index contributed by atoms with van der Waals surface area (Å²) in [5, 5.41) is 2.56. The van der Waals surface area contributed by atoms with E-state index >= 15 is 0 Å². The molecule has 9 aromatic rings. The van der Waals surface area contributed by atoms with E-state index in [1.165, 1.54) is 71.9 Å². The van der Waals surface area contributed by atoms with Crippen LogP contribution in [-0.2, 0) is 5.41 Å². The van der Waals surface area contributed by atoms with Gasteiger partial charge < -0.3 is 9.47 Å². The number of fused-ring (bicyclic) bond motifs is 13. The van der Waals surface area contributed by atoms with E-state index in [2.05, 4.69) is 204 Å². The van der Waals surface area contributed by atoms with Crippen LogP contribution in [0.5, 0.6) is 0 Å². The largest absolute Gasteiger partial charge is 0.310 e. The average Bonchev–Trinajstić information content (AvgIpc) is 3.80. The minimum atomic E-state index is -0.393. The van der Waals surface area contributed by atoms with Crippen molar-refractivity contribution < 1.29 is 0 Å². The molecule has 0 aliphatic heterocycles. The van der Waals surface area contributed by atoms with E-state index in [1.807, 2.05) is 0 Å². The molecule has 0 bridgehead atoms. The fourth-order valence-electron chi connectivity index (χ4n) is 9.36. The Kier molecular flexibility index (Phi) is 6.12. The normalized spacial score (nSPS) is 13.2. The van der Waals surface area contributed by atoms with Crippen molar-refractivity contribution >= 4 is 38.9 Å². The zero-order valence-electron chi connectivity index (χ0n) is 28.8. The highest BCUT2D eigenvalue weighted by molar-refractivity contribution is 6.09. The number of aromatic nitrogens is 1. The van der Waals surface area contributed by atoms with E-state index in [1.54, 1.807) is 0 Å². The van der Waals surface area contributed by atoms with Crippen LogP contribution in [0, 0.1) is 6.92 Å². The molecule has 2 heteroatoms.